The Bertz CT molecular complexity index is 1130. The standard InChI is InChI=1S/C35H54O5/c1-10-21(2)28(37)40-27-20-30(3,4)19-23-22-11-12-25-32(7)15-14-26(36)31(5,6)24(32)13-16-34(25,9)33(22,8)17-18-35(23,27)29(38)39/h11,21,23-25,27H,10,12-20H2,1-9H3,(H,38,39)/t21-,23+,24?,25+,27+,32-,33+,34+,35-/m0/s1. The van der Waals surface area contributed by atoms with Gasteiger partial charge >= 0.3 is 11.9 Å². The van der Waals surface area contributed by atoms with Crippen molar-refractivity contribution in [2.24, 2.45) is 56.2 Å². The van der Waals surface area contributed by atoms with E-state index in [2.05, 4.69) is 54.5 Å². The summed E-state index contributed by atoms with van der Waals surface area (Å²) in [6.45, 7) is 20.0. The van der Waals surface area contributed by atoms with E-state index in [0.29, 0.717) is 43.3 Å². The second-order valence-corrected chi connectivity index (χ2v) is 16.6. The Balaban J connectivity index is 1.59. The summed E-state index contributed by atoms with van der Waals surface area (Å²) in [6.07, 6.45) is 9.96. The molecule has 0 spiro atoms. The van der Waals surface area contributed by atoms with Gasteiger partial charge < -0.3 is 9.84 Å². The summed E-state index contributed by atoms with van der Waals surface area (Å²) in [7, 11) is 0. The Hall–Kier alpha value is -1.65. The zero-order valence-corrected chi connectivity index (χ0v) is 26.6. The van der Waals surface area contributed by atoms with Crippen LogP contribution in [0.25, 0.3) is 0 Å². The number of carboxylic acids is 1. The second-order valence-electron chi connectivity index (χ2n) is 16.6. The largest absolute Gasteiger partial charge is 0.481 e. The average Bonchev–Trinajstić information content (AvgIpc) is 2.85. The molecule has 5 aliphatic carbocycles. The molecule has 0 radical (unpaired) electrons. The lowest BCUT2D eigenvalue weighted by Gasteiger charge is -2.70. The molecule has 0 saturated heterocycles. The highest BCUT2D eigenvalue weighted by Crippen LogP contribution is 2.75. The van der Waals surface area contributed by atoms with Gasteiger partial charge in [0.2, 0.25) is 0 Å². The number of hydrogen-bond acceptors (Lipinski definition) is 4. The maximum Gasteiger partial charge on any atom is 0.314 e. The highest BCUT2D eigenvalue weighted by molar-refractivity contribution is 5.85. The summed E-state index contributed by atoms with van der Waals surface area (Å²) in [5.41, 5.74) is -0.149. The predicted octanol–water partition coefficient (Wildman–Crippen LogP) is 8.01. The Morgan fingerprint density at radius 3 is 2.30 bits per heavy atom. The van der Waals surface area contributed by atoms with E-state index in [1.54, 1.807) is 0 Å². The van der Waals surface area contributed by atoms with E-state index in [9.17, 15) is 19.5 Å². The van der Waals surface area contributed by atoms with Crippen LogP contribution in [0.3, 0.4) is 0 Å². The fraction of sp³-hybridized carbons (Fsp3) is 0.857. The van der Waals surface area contributed by atoms with Crippen LogP contribution in [0.4, 0.5) is 0 Å². The van der Waals surface area contributed by atoms with Gasteiger partial charge in [-0.2, -0.15) is 0 Å². The summed E-state index contributed by atoms with van der Waals surface area (Å²) in [5.74, 6) is -0.167. The van der Waals surface area contributed by atoms with Crippen molar-refractivity contribution in [1.82, 2.24) is 0 Å². The van der Waals surface area contributed by atoms with Gasteiger partial charge in [0, 0.05) is 17.8 Å². The summed E-state index contributed by atoms with van der Waals surface area (Å²) < 4.78 is 6.20. The zero-order chi connectivity index (χ0) is 29.7. The van der Waals surface area contributed by atoms with Crippen LogP contribution in [0.1, 0.15) is 127 Å². The van der Waals surface area contributed by atoms with Crippen molar-refractivity contribution in [1.29, 1.82) is 0 Å². The number of Topliss-reactive ketones (excluding diaryl/α,β-unsaturated/α-hetero) is 1. The first-order valence-electron chi connectivity index (χ1n) is 16.1. The van der Waals surface area contributed by atoms with Crippen molar-refractivity contribution < 1.29 is 24.2 Å². The molecule has 1 unspecified atom stereocenters. The molecule has 5 nitrogen and oxygen atoms in total. The van der Waals surface area contributed by atoms with Gasteiger partial charge in [0.15, 0.2) is 0 Å². The van der Waals surface area contributed by atoms with Gasteiger partial charge in [-0.05, 0) is 91.3 Å². The van der Waals surface area contributed by atoms with E-state index in [1.165, 1.54) is 5.57 Å². The summed E-state index contributed by atoms with van der Waals surface area (Å²) in [5, 5.41) is 11.0. The number of ketones is 1. The van der Waals surface area contributed by atoms with E-state index in [0.717, 1.165) is 38.5 Å². The smallest absolute Gasteiger partial charge is 0.314 e. The number of fused-ring (bicyclic) bond motifs is 7. The Morgan fingerprint density at radius 1 is 1.00 bits per heavy atom. The van der Waals surface area contributed by atoms with Crippen LogP contribution < -0.4 is 0 Å². The predicted molar refractivity (Wildman–Crippen MR) is 156 cm³/mol. The Kier molecular flexibility index (Phi) is 6.84. The van der Waals surface area contributed by atoms with Gasteiger partial charge in [0.25, 0.3) is 0 Å². The van der Waals surface area contributed by atoms with Crippen LogP contribution >= 0.6 is 0 Å². The van der Waals surface area contributed by atoms with Crippen LogP contribution in [0, 0.1) is 56.2 Å². The summed E-state index contributed by atoms with van der Waals surface area (Å²) >= 11 is 0. The molecule has 0 aromatic heterocycles. The van der Waals surface area contributed by atoms with Crippen molar-refractivity contribution in [2.75, 3.05) is 0 Å². The van der Waals surface area contributed by atoms with Crippen molar-refractivity contribution in [3.8, 4) is 0 Å². The van der Waals surface area contributed by atoms with Crippen LogP contribution in [0.5, 0.6) is 0 Å². The molecular weight excluding hydrogens is 500 g/mol. The first-order chi connectivity index (χ1) is 18.4. The molecule has 0 heterocycles. The number of carbonyl (C=O) groups excluding carboxylic acids is 2. The van der Waals surface area contributed by atoms with Gasteiger partial charge in [-0.3, -0.25) is 14.4 Å². The molecule has 4 saturated carbocycles. The second kappa shape index (κ2) is 9.17. The number of allylic oxidation sites excluding steroid dienone is 2. The van der Waals surface area contributed by atoms with E-state index in [4.69, 9.17) is 4.74 Å². The number of ether oxygens (including phenoxy) is 1. The fourth-order valence-electron chi connectivity index (χ4n) is 11.2. The third-order valence-corrected chi connectivity index (χ3v) is 14.0. The molecule has 5 heteroatoms. The lowest BCUT2D eigenvalue weighted by molar-refractivity contribution is -0.208. The molecule has 0 aromatic carbocycles. The molecule has 0 aliphatic heterocycles. The van der Waals surface area contributed by atoms with Crippen molar-refractivity contribution in [2.45, 2.75) is 133 Å². The van der Waals surface area contributed by atoms with Gasteiger partial charge in [0.1, 0.15) is 17.3 Å². The first-order valence-corrected chi connectivity index (χ1v) is 16.1. The van der Waals surface area contributed by atoms with Gasteiger partial charge in [-0.1, -0.05) is 74.0 Å². The number of esters is 1. The monoisotopic (exact) mass is 554 g/mol. The molecule has 0 aromatic rings. The number of hydrogen-bond donors (Lipinski definition) is 1. The highest BCUT2D eigenvalue weighted by atomic mass is 16.5. The minimum Gasteiger partial charge on any atom is -0.481 e. The van der Waals surface area contributed by atoms with E-state index >= 15 is 0 Å². The first kappa shape index (κ1) is 29.8. The maximum absolute atomic E-state index is 13.4. The molecule has 0 bridgehead atoms. The van der Waals surface area contributed by atoms with Crippen molar-refractivity contribution in [3.63, 3.8) is 0 Å². The molecule has 5 rings (SSSR count). The lowest BCUT2D eigenvalue weighted by atomic mass is 9.33. The number of carbonyl (C=O) groups is 3. The van der Waals surface area contributed by atoms with E-state index < -0.39 is 17.5 Å². The fourth-order valence-corrected chi connectivity index (χ4v) is 11.2. The SMILES string of the molecule is CC[C@H](C)C(=O)O[C@@H]1CC(C)(C)C[C@@H]2C3=CC[C@@H]4[C@@]5(C)CCC(=O)C(C)(C)C5CC[C@@]4(C)[C@]3(C)CC[C@]21C(=O)O. The third-order valence-electron chi connectivity index (χ3n) is 14.0. The van der Waals surface area contributed by atoms with Gasteiger partial charge in [-0.25, -0.2) is 0 Å². The molecule has 4 fully saturated rings. The van der Waals surface area contributed by atoms with E-state index in [1.807, 2.05) is 13.8 Å². The normalized spacial score (nSPS) is 46.0. The van der Waals surface area contributed by atoms with Crippen LogP contribution in [-0.4, -0.2) is 28.9 Å². The maximum atomic E-state index is 13.4. The molecule has 40 heavy (non-hydrogen) atoms. The van der Waals surface area contributed by atoms with Crippen molar-refractivity contribution >= 4 is 17.7 Å². The van der Waals surface area contributed by atoms with E-state index in [-0.39, 0.29) is 44.9 Å². The minimum atomic E-state index is -1.08. The average molecular weight is 555 g/mol. The Morgan fingerprint density at radius 2 is 1.68 bits per heavy atom. The topological polar surface area (TPSA) is 80.7 Å². The van der Waals surface area contributed by atoms with Crippen LogP contribution in [0.2, 0.25) is 0 Å². The van der Waals surface area contributed by atoms with Crippen LogP contribution in [0.15, 0.2) is 11.6 Å². The zero-order valence-electron chi connectivity index (χ0n) is 26.6. The van der Waals surface area contributed by atoms with Crippen LogP contribution in [-0.2, 0) is 19.1 Å². The molecular formula is C35H54O5. The number of rotatable bonds is 4. The third kappa shape index (κ3) is 3.80. The lowest BCUT2D eigenvalue weighted by Crippen LogP contribution is -2.66. The quantitative estimate of drug-likeness (QED) is 0.281. The summed E-state index contributed by atoms with van der Waals surface area (Å²) in [6, 6.07) is 0. The van der Waals surface area contributed by atoms with Gasteiger partial charge in [-0.15, -0.1) is 0 Å². The number of aliphatic carboxylic acids is 1. The minimum absolute atomic E-state index is 0.0357. The molecule has 9 atom stereocenters. The molecule has 1 N–H and O–H groups in total. The molecule has 5 aliphatic rings. The molecule has 0 amide bonds. The highest BCUT2D eigenvalue weighted by Gasteiger charge is 2.71. The Labute approximate surface area is 242 Å². The number of carboxylic acid groups (broad SMARTS) is 1. The molecule has 224 valence electrons. The van der Waals surface area contributed by atoms with Gasteiger partial charge in [0.05, 0.1) is 5.92 Å². The summed E-state index contributed by atoms with van der Waals surface area (Å²) in [4.78, 5) is 39.5. The van der Waals surface area contributed by atoms with Crippen molar-refractivity contribution in [3.05, 3.63) is 11.6 Å².